The van der Waals surface area contributed by atoms with Crippen LogP contribution in [0.1, 0.15) is 43.4 Å². The normalized spacial score (nSPS) is 38.6. The first-order valence-electron chi connectivity index (χ1n) is 18.3. The molecule has 0 aromatic heterocycles. The van der Waals surface area contributed by atoms with Gasteiger partial charge in [-0.2, -0.15) is 0 Å². The molecule has 0 saturated carbocycles. The standard InChI is InChI=1S/C39H33N5O6S7/c1-34-28(45)42-26-18-21-12-8-9-15-23(21)36(26,19-38(42,30(47)40(34)3)55-32(51)53-34)37-20-39-31(48)41(4)35(2,54-33(52)56-39)29(46)43(39)27(37)44(25-17-11-10-16-24(25)37)57(49,50)22-13-6-5-7-14-22/h5-17,26-27H,18-20H2,1-4H3/t26-,27-,34-,35-,36?,37?,38?,39?/m0/s1. The molecule has 3 aromatic carbocycles. The van der Waals surface area contributed by atoms with Gasteiger partial charge in [-0.1, -0.05) is 132 Å². The second kappa shape index (κ2) is 11.2. The highest BCUT2D eigenvalue weighted by Crippen LogP contribution is 2.77. The third-order valence-corrected chi connectivity index (χ3v) is 21.9. The Morgan fingerprint density at radius 2 is 1.14 bits per heavy atom. The van der Waals surface area contributed by atoms with Gasteiger partial charge >= 0.3 is 0 Å². The first-order valence-corrected chi connectivity index (χ1v) is 23.9. The van der Waals surface area contributed by atoms with E-state index < -0.39 is 58.5 Å². The minimum atomic E-state index is -4.47. The summed E-state index contributed by atoms with van der Waals surface area (Å²) in [5.74, 6) is -1.32. The van der Waals surface area contributed by atoms with Gasteiger partial charge in [-0.3, -0.25) is 24.1 Å². The highest BCUT2D eigenvalue weighted by molar-refractivity contribution is 8.49. The average Bonchev–Trinajstić information content (AvgIpc) is 3.80. The molecule has 3 aromatic rings. The molecule has 11 nitrogen and oxygen atoms in total. The lowest BCUT2D eigenvalue weighted by Gasteiger charge is -2.52. The molecule has 8 atom stereocenters. The minimum absolute atomic E-state index is 0.0208. The summed E-state index contributed by atoms with van der Waals surface area (Å²) in [4.78, 5) is 61.8. The Morgan fingerprint density at radius 3 is 1.77 bits per heavy atom. The van der Waals surface area contributed by atoms with Crippen LogP contribution in [0.25, 0.3) is 0 Å². The van der Waals surface area contributed by atoms with E-state index in [2.05, 4.69) is 0 Å². The van der Waals surface area contributed by atoms with Crippen molar-refractivity contribution in [1.82, 2.24) is 19.6 Å². The maximum Gasteiger partial charge on any atom is 0.266 e. The van der Waals surface area contributed by atoms with Crippen molar-refractivity contribution in [2.45, 2.75) is 80.5 Å². The number of anilines is 1. The molecular formula is C39H33N5O6S7. The molecule has 2 spiro atoms. The molecule has 1 aliphatic carbocycles. The second-order valence-electron chi connectivity index (χ2n) is 16.2. The maximum absolute atomic E-state index is 15.6. The number of thiocarbonyl (C=S) groups is 2. The van der Waals surface area contributed by atoms with E-state index >= 15 is 27.6 Å². The molecule has 0 N–H and O–H groups in total. The number of fused-ring (bicyclic) bond motifs is 13. The Morgan fingerprint density at radius 1 is 0.632 bits per heavy atom. The lowest BCUT2D eigenvalue weighted by Crippen LogP contribution is -2.73. The fraction of sp³-hybridized carbons (Fsp3) is 0.385. The number of thioether (sulfide) groups is 4. The van der Waals surface area contributed by atoms with Gasteiger partial charge in [-0.05, 0) is 55.2 Å². The molecule has 8 saturated heterocycles. The largest absolute Gasteiger partial charge is 0.320 e. The Kier molecular flexibility index (Phi) is 7.23. The van der Waals surface area contributed by atoms with Crippen molar-refractivity contribution in [1.29, 1.82) is 0 Å². The van der Waals surface area contributed by atoms with E-state index in [9.17, 15) is 0 Å². The molecular weight excluding hydrogens is 859 g/mol. The maximum atomic E-state index is 15.6. The highest BCUT2D eigenvalue weighted by atomic mass is 32.2. The number of piperazine rings is 2. The van der Waals surface area contributed by atoms with Gasteiger partial charge in [-0.15, -0.1) is 0 Å². The fourth-order valence-corrected chi connectivity index (χ4v) is 20.9. The fourth-order valence-electron chi connectivity index (χ4n) is 11.6. The number of sulfonamides is 1. The monoisotopic (exact) mass is 891 g/mol. The van der Waals surface area contributed by atoms with Gasteiger partial charge in [0.25, 0.3) is 33.7 Å². The van der Waals surface area contributed by atoms with Gasteiger partial charge in [-0.25, -0.2) is 12.7 Å². The van der Waals surface area contributed by atoms with E-state index in [1.165, 1.54) is 49.8 Å². The molecule has 4 bridgehead atoms. The van der Waals surface area contributed by atoms with Crippen LogP contribution < -0.4 is 4.31 Å². The van der Waals surface area contributed by atoms with Gasteiger partial charge in [0.15, 0.2) is 19.5 Å². The SMILES string of the molecule is CN1C(=O)C23CC4(C56CC78SC(=S)S[C@@](C)(C(=O)N7[C@H]5N(S(=O)(=O)c5ccccc5)c5ccccc56)N(C)C8=O)c5ccccc5C[C@@H]4N2C(=O)[C@]1(C)SC(=S)S3. The van der Waals surface area contributed by atoms with Crippen LogP contribution in [0.3, 0.4) is 0 Å². The zero-order valence-corrected chi connectivity index (χ0v) is 36.5. The Hall–Kier alpha value is -3.13. The molecule has 13 rings (SSSR count). The van der Waals surface area contributed by atoms with Crippen LogP contribution in [0.2, 0.25) is 0 Å². The lowest BCUT2D eigenvalue weighted by molar-refractivity contribution is -0.163. The number of amides is 4. The first kappa shape index (κ1) is 36.9. The number of hydrogen-bond acceptors (Lipinski definition) is 12. The summed E-state index contributed by atoms with van der Waals surface area (Å²) in [6.07, 6.45) is -0.919. The number of hydrogen-bond donors (Lipinski definition) is 0. The predicted molar refractivity (Wildman–Crippen MR) is 230 cm³/mol. The summed E-state index contributed by atoms with van der Waals surface area (Å²) in [5, 5.41) is 0. The van der Waals surface area contributed by atoms with E-state index in [1.54, 1.807) is 68.1 Å². The summed E-state index contributed by atoms with van der Waals surface area (Å²) < 4.78 is 33.3. The number of nitrogens with zero attached hydrogens (tertiary/aromatic N) is 5. The van der Waals surface area contributed by atoms with Gasteiger partial charge in [0.1, 0.15) is 13.2 Å². The van der Waals surface area contributed by atoms with Gasteiger partial charge < -0.3 is 14.7 Å². The van der Waals surface area contributed by atoms with E-state index in [0.29, 0.717) is 24.7 Å². The molecule has 9 heterocycles. The van der Waals surface area contributed by atoms with E-state index in [1.807, 2.05) is 36.4 Å². The molecule has 4 unspecified atom stereocenters. The summed E-state index contributed by atoms with van der Waals surface area (Å²) in [5.41, 5.74) is 0.163. The number of likely N-dealkylation sites (N-methyl/N-ethyl adjacent to an activating group) is 2. The Labute approximate surface area is 357 Å². The lowest BCUT2D eigenvalue weighted by atomic mass is 9.53. The number of carbonyl (C=O) groups excluding carboxylic acids is 4. The van der Waals surface area contributed by atoms with E-state index in [0.717, 1.165) is 34.7 Å². The van der Waals surface area contributed by atoms with Crippen molar-refractivity contribution >= 4 is 118 Å². The van der Waals surface area contributed by atoms with Gasteiger partial charge in [0, 0.05) is 38.4 Å². The summed E-state index contributed by atoms with van der Waals surface area (Å²) in [6, 6.07) is 22.7. The number of carbonyl (C=O) groups is 4. The molecule has 4 amide bonds. The van der Waals surface area contributed by atoms with E-state index in [4.69, 9.17) is 24.4 Å². The van der Waals surface area contributed by atoms with E-state index in [-0.39, 0.29) is 35.5 Å². The van der Waals surface area contributed by atoms with Crippen molar-refractivity contribution in [3.05, 3.63) is 95.6 Å². The van der Waals surface area contributed by atoms with Crippen LogP contribution in [-0.2, 0) is 46.5 Å². The van der Waals surface area contributed by atoms with Crippen LogP contribution in [0.5, 0.6) is 0 Å². The summed E-state index contributed by atoms with van der Waals surface area (Å²) >= 11 is 16.6. The highest BCUT2D eigenvalue weighted by Gasteiger charge is 2.87. The Balaban J connectivity index is 1.30. The van der Waals surface area contributed by atoms with Gasteiger partial charge in [0.2, 0.25) is 0 Å². The van der Waals surface area contributed by atoms with Crippen molar-refractivity contribution < 1.29 is 27.6 Å². The molecule has 10 aliphatic rings. The van der Waals surface area contributed by atoms with Crippen molar-refractivity contribution in [2.75, 3.05) is 18.4 Å². The second-order valence-corrected chi connectivity index (χ2v) is 25.8. The van der Waals surface area contributed by atoms with Crippen molar-refractivity contribution in [3.8, 4) is 0 Å². The molecule has 9 aliphatic heterocycles. The number of benzene rings is 3. The third-order valence-electron chi connectivity index (χ3n) is 14.1. The zero-order chi connectivity index (χ0) is 40.0. The van der Waals surface area contributed by atoms with Crippen LogP contribution in [0.15, 0.2) is 83.8 Å². The minimum Gasteiger partial charge on any atom is -0.320 e. The van der Waals surface area contributed by atoms with Crippen LogP contribution in [0, 0.1) is 0 Å². The zero-order valence-electron chi connectivity index (χ0n) is 30.8. The van der Waals surface area contributed by atoms with Crippen LogP contribution in [-0.4, -0.2) is 104 Å². The first-order chi connectivity index (χ1) is 27.0. The smallest absolute Gasteiger partial charge is 0.266 e. The molecule has 0 radical (unpaired) electrons. The molecule has 8 fully saturated rings. The average molecular weight is 892 g/mol. The Bertz CT molecular complexity index is 2620. The number of para-hydroxylation sites is 1. The van der Waals surface area contributed by atoms with Crippen LogP contribution >= 0.6 is 71.5 Å². The molecule has 292 valence electrons. The molecule has 57 heavy (non-hydrogen) atoms. The molecule has 18 heteroatoms. The van der Waals surface area contributed by atoms with Gasteiger partial charge in [0.05, 0.1) is 16.0 Å². The topological polar surface area (TPSA) is 119 Å². The van der Waals surface area contributed by atoms with Crippen LogP contribution in [0.4, 0.5) is 5.69 Å². The van der Waals surface area contributed by atoms with Crippen molar-refractivity contribution in [3.63, 3.8) is 0 Å². The summed E-state index contributed by atoms with van der Waals surface area (Å²) in [7, 11) is -1.21. The number of rotatable bonds is 3. The summed E-state index contributed by atoms with van der Waals surface area (Å²) in [6.45, 7) is 3.41. The third kappa shape index (κ3) is 3.88. The predicted octanol–water partition coefficient (Wildman–Crippen LogP) is 5.09. The quantitative estimate of drug-likeness (QED) is 0.327. The van der Waals surface area contributed by atoms with Crippen molar-refractivity contribution in [2.24, 2.45) is 0 Å².